The normalized spacial score (nSPS) is 11.0. The molecule has 0 saturated heterocycles. The Morgan fingerprint density at radius 2 is 1.32 bits per heavy atom. The van der Waals surface area contributed by atoms with Gasteiger partial charge in [0.15, 0.2) is 0 Å². The Morgan fingerprint density at radius 1 is 0.800 bits per heavy atom. The molecule has 142 valence electrons. The van der Waals surface area contributed by atoms with Crippen LogP contribution in [0.15, 0.2) is 6.07 Å². The van der Waals surface area contributed by atoms with Crippen LogP contribution in [0.25, 0.3) is 0 Å². The molecule has 2 nitrogen and oxygen atoms in total. The van der Waals surface area contributed by atoms with Gasteiger partial charge in [-0.3, -0.25) is 4.79 Å². The highest BCUT2D eigenvalue weighted by atomic mass is 35.5. The first-order chi connectivity index (χ1) is 11.9. The molecule has 0 heterocycles. The molecule has 0 fully saturated rings. The zero-order chi connectivity index (χ0) is 18.8. The molecule has 0 unspecified atom stereocenters. The van der Waals surface area contributed by atoms with Gasteiger partial charge in [0.2, 0.25) is 0 Å². The van der Waals surface area contributed by atoms with E-state index < -0.39 is 0 Å². The molecule has 0 spiro atoms. The predicted molar refractivity (Wildman–Crippen MR) is 111 cm³/mol. The van der Waals surface area contributed by atoms with Crippen molar-refractivity contribution in [2.75, 3.05) is 13.1 Å². The van der Waals surface area contributed by atoms with Crippen LogP contribution < -0.4 is 0 Å². The van der Waals surface area contributed by atoms with Crippen LogP contribution in [0.1, 0.15) is 75.6 Å². The minimum Gasteiger partial charge on any atom is -0.339 e. The molecule has 0 N–H and O–H groups in total. The summed E-state index contributed by atoms with van der Waals surface area (Å²) in [7, 11) is 0. The van der Waals surface area contributed by atoms with Crippen LogP contribution in [0.4, 0.5) is 0 Å². The third kappa shape index (κ3) is 7.17. The summed E-state index contributed by atoms with van der Waals surface area (Å²) in [6.07, 6.45) is 8.89. The fourth-order valence-corrected chi connectivity index (χ4v) is 3.56. The average molecular weight is 427 g/mol. The average Bonchev–Trinajstić information content (AvgIpc) is 2.61. The summed E-state index contributed by atoms with van der Waals surface area (Å²) in [4.78, 5) is 14.9. The highest BCUT2D eigenvalue weighted by molar-refractivity contribution is 6.52. The number of nitrogens with zero attached hydrogens (tertiary/aromatic N) is 1. The highest BCUT2D eigenvalue weighted by Crippen LogP contribution is 2.38. The van der Waals surface area contributed by atoms with Crippen molar-refractivity contribution in [1.29, 1.82) is 0 Å². The number of unbranched alkanes of at least 4 members (excludes halogenated alkanes) is 6. The van der Waals surface area contributed by atoms with Crippen LogP contribution in [-0.4, -0.2) is 23.9 Å². The Balaban J connectivity index is 2.89. The van der Waals surface area contributed by atoms with Crippen LogP contribution in [-0.2, 0) is 0 Å². The van der Waals surface area contributed by atoms with E-state index in [9.17, 15) is 4.79 Å². The van der Waals surface area contributed by atoms with Gasteiger partial charge >= 0.3 is 0 Å². The molecular weight excluding hydrogens is 400 g/mol. The van der Waals surface area contributed by atoms with E-state index in [1.165, 1.54) is 31.7 Å². The zero-order valence-electron chi connectivity index (χ0n) is 15.0. The number of carbonyl (C=O) groups excluding carboxylic acids is 1. The maximum Gasteiger partial charge on any atom is 0.255 e. The summed E-state index contributed by atoms with van der Waals surface area (Å²) < 4.78 is 0. The molecule has 0 atom stereocenters. The van der Waals surface area contributed by atoms with E-state index in [2.05, 4.69) is 13.8 Å². The number of rotatable bonds is 11. The second kappa shape index (κ2) is 12.3. The first kappa shape index (κ1) is 22.9. The number of hydrogen-bond donors (Lipinski definition) is 0. The van der Waals surface area contributed by atoms with Gasteiger partial charge in [-0.05, 0) is 18.9 Å². The molecule has 0 aliphatic carbocycles. The second-order valence-electron chi connectivity index (χ2n) is 6.26. The third-order valence-corrected chi connectivity index (χ3v) is 5.93. The van der Waals surface area contributed by atoms with E-state index in [-0.39, 0.29) is 26.0 Å². The predicted octanol–water partition coefficient (Wildman–Crippen LogP) is 7.90. The van der Waals surface area contributed by atoms with Crippen LogP contribution in [0.5, 0.6) is 0 Å². The Morgan fingerprint density at radius 3 is 1.80 bits per heavy atom. The fraction of sp³-hybridized carbons (Fsp3) is 0.632. The van der Waals surface area contributed by atoms with Gasteiger partial charge in [0.1, 0.15) is 0 Å². The van der Waals surface area contributed by atoms with Gasteiger partial charge < -0.3 is 4.90 Å². The Kier molecular flexibility index (Phi) is 11.2. The molecule has 25 heavy (non-hydrogen) atoms. The molecule has 1 amide bonds. The molecule has 1 aromatic rings. The lowest BCUT2D eigenvalue weighted by molar-refractivity contribution is 0.0749. The van der Waals surface area contributed by atoms with Crippen molar-refractivity contribution in [3.63, 3.8) is 0 Å². The number of benzene rings is 1. The molecule has 1 rings (SSSR count). The van der Waals surface area contributed by atoms with Crippen molar-refractivity contribution in [3.8, 4) is 0 Å². The maximum atomic E-state index is 13.0. The highest BCUT2D eigenvalue weighted by Gasteiger charge is 2.22. The molecular formula is C19H27Cl4NO. The number of halogens is 4. The van der Waals surface area contributed by atoms with Gasteiger partial charge in [0.05, 0.1) is 25.7 Å². The molecule has 0 aliphatic heterocycles. The van der Waals surface area contributed by atoms with E-state index in [0.717, 1.165) is 38.8 Å². The zero-order valence-corrected chi connectivity index (χ0v) is 18.0. The van der Waals surface area contributed by atoms with Gasteiger partial charge in [-0.1, -0.05) is 98.8 Å². The largest absolute Gasteiger partial charge is 0.339 e. The maximum absolute atomic E-state index is 13.0. The van der Waals surface area contributed by atoms with Crippen LogP contribution >= 0.6 is 46.4 Å². The summed E-state index contributed by atoms with van der Waals surface area (Å²) in [5, 5.41) is 0.739. The molecule has 0 aromatic heterocycles. The van der Waals surface area contributed by atoms with Crippen LogP contribution in [0.2, 0.25) is 20.1 Å². The van der Waals surface area contributed by atoms with Crippen LogP contribution in [0, 0.1) is 0 Å². The van der Waals surface area contributed by atoms with Gasteiger partial charge in [-0.25, -0.2) is 0 Å². The standard InChI is InChI=1S/C19H27Cl4NO/c1-3-5-7-9-11-24(12-10-8-6-4-2)19(25)14-13-15(20)17(22)18(23)16(14)21/h13H,3-12H2,1-2H3. The van der Waals surface area contributed by atoms with Crippen molar-refractivity contribution in [2.45, 2.75) is 65.2 Å². The Labute approximate surface area is 171 Å². The van der Waals surface area contributed by atoms with Crippen molar-refractivity contribution in [1.82, 2.24) is 4.90 Å². The first-order valence-corrected chi connectivity index (χ1v) is 10.6. The molecule has 0 bridgehead atoms. The molecule has 0 aliphatic rings. The topological polar surface area (TPSA) is 20.3 Å². The smallest absolute Gasteiger partial charge is 0.255 e. The van der Waals surface area contributed by atoms with E-state index in [1.807, 2.05) is 4.90 Å². The van der Waals surface area contributed by atoms with Crippen molar-refractivity contribution in [2.24, 2.45) is 0 Å². The quantitative estimate of drug-likeness (QED) is 0.200. The van der Waals surface area contributed by atoms with Gasteiger partial charge in [0.25, 0.3) is 5.91 Å². The summed E-state index contributed by atoms with van der Waals surface area (Å²) in [6, 6.07) is 1.52. The lowest BCUT2D eigenvalue weighted by Gasteiger charge is -2.24. The number of carbonyl (C=O) groups is 1. The Hall–Kier alpha value is -0.150. The molecule has 0 radical (unpaired) electrons. The minimum absolute atomic E-state index is 0.126. The van der Waals surface area contributed by atoms with Crippen molar-refractivity contribution < 1.29 is 4.79 Å². The monoisotopic (exact) mass is 425 g/mol. The summed E-state index contributed by atoms with van der Waals surface area (Å²) in [5.41, 5.74) is 0.326. The minimum atomic E-state index is -0.126. The van der Waals surface area contributed by atoms with E-state index >= 15 is 0 Å². The molecule has 1 aromatic carbocycles. The van der Waals surface area contributed by atoms with Gasteiger partial charge in [-0.15, -0.1) is 0 Å². The lowest BCUT2D eigenvalue weighted by atomic mass is 10.1. The number of amides is 1. The van der Waals surface area contributed by atoms with Crippen molar-refractivity contribution in [3.05, 3.63) is 31.7 Å². The first-order valence-electron chi connectivity index (χ1n) is 9.06. The Bertz CT molecular complexity index is 551. The van der Waals surface area contributed by atoms with Gasteiger partial charge in [-0.2, -0.15) is 0 Å². The fourth-order valence-electron chi connectivity index (χ4n) is 2.67. The summed E-state index contributed by atoms with van der Waals surface area (Å²) in [5.74, 6) is -0.126. The van der Waals surface area contributed by atoms with E-state index in [1.54, 1.807) is 0 Å². The summed E-state index contributed by atoms with van der Waals surface area (Å²) >= 11 is 24.5. The second-order valence-corrected chi connectivity index (χ2v) is 7.80. The molecule has 0 saturated carbocycles. The van der Waals surface area contributed by atoms with E-state index in [0.29, 0.717) is 5.56 Å². The van der Waals surface area contributed by atoms with Crippen molar-refractivity contribution >= 4 is 52.3 Å². The van der Waals surface area contributed by atoms with Crippen LogP contribution in [0.3, 0.4) is 0 Å². The van der Waals surface area contributed by atoms with Gasteiger partial charge in [0, 0.05) is 13.1 Å². The SMILES string of the molecule is CCCCCCN(CCCCCC)C(=O)c1cc(Cl)c(Cl)c(Cl)c1Cl. The summed E-state index contributed by atoms with van der Waals surface area (Å²) in [6.45, 7) is 5.79. The molecule has 6 heteroatoms. The number of hydrogen-bond acceptors (Lipinski definition) is 1. The lowest BCUT2D eigenvalue weighted by Crippen LogP contribution is -2.33. The third-order valence-electron chi connectivity index (χ3n) is 4.18. The van der Waals surface area contributed by atoms with E-state index in [4.69, 9.17) is 46.4 Å².